The van der Waals surface area contributed by atoms with E-state index in [1.165, 1.54) is 5.69 Å². The van der Waals surface area contributed by atoms with Crippen LogP contribution in [-0.2, 0) is 13.0 Å². The fourth-order valence-corrected chi connectivity index (χ4v) is 3.77. The van der Waals surface area contributed by atoms with Crippen molar-refractivity contribution in [2.75, 3.05) is 20.6 Å². The Bertz CT molecular complexity index is 841. The number of rotatable bonds is 10. The van der Waals surface area contributed by atoms with Gasteiger partial charge in [-0.2, -0.15) is 5.26 Å². The van der Waals surface area contributed by atoms with Crippen LogP contribution in [0.15, 0.2) is 24.3 Å². The van der Waals surface area contributed by atoms with Gasteiger partial charge in [0.25, 0.3) is 5.91 Å². The molecule has 0 fully saturated rings. The van der Waals surface area contributed by atoms with E-state index < -0.39 is 0 Å². The molecule has 2 rings (SSSR count). The van der Waals surface area contributed by atoms with Crippen molar-refractivity contribution in [1.29, 1.82) is 5.26 Å². The number of amides is 1. The summed E-state index contributed by atoms with van der Waals surface area (Å²) in [7, 11) is 4.14. The van der Waals surface area contributed by atoms with Crippen LogP contribution in [0.5, 0.6) is 0 Å². The molecule has 0 atom stereocenters. The number of unbranched alkanes of at least 4 members (excludes halogenated alkanes) is 2. The van der Waals surface area contributed by atoms with E-state index in [9.17, 15) is 4.79 Å². The molecule has 1 aromatic carbocycles. The second-order valence-corrected chi connectivity index (χ2v) is 7.60. The minimum absolute atomic E-state index is 0.389. The number of nitrogens with two attached hydrogens (primary N) is 1. The molecule has 1 aromatic heterocycles. The molecule has 5 heteroatoms. The molecule has 5 nitrogen and oxygen atoms in total. The molecule has 0 aliphatic rings. The summed E-state index contributed by atoms with van der Waals surface area (Å²) >= 11 is 0. The van der Waals surface area contributed by atoms with Gasteiger partial charge in [-0.1, -0.05) is 31.9 Å². The predicted octanol–water partition coefficient (Wildman–Crippen LogP) is 4.12. The van der Waals surface area contributed by atoms with E-state index in [-0.39, 0.29) is 5.91 Å². The molecular formula is C23H32N4O. The normalized spacial score (nSPS) is 11.0. The topological polar surface area (TPSA) is 75.0 Å². The van der Waals surface area contributed by atoms with Gasteiger partial charge in [-0.25, -0.2) is 0 Å². The lowest BCUT2D eigenvalue weighted by Gasteiger charge is -2.15. The van der Waals surface area contributed by atoms with Crippen molar-refractivity contribution >= 4 is 5.91 Å². The third kappa shape index (κ3) is 5.02. The van der Waals surface area contributed by atoms with Gasteiger partial charge < -0.3 is 15.2 Å². The molecule has 0 saturated carbocycles. The molecule has 2 aromatic rings. The van der Waals surface area contributed by atoms with E-state index in [0.717, 1.165) is 62.0 Å². The Balaban J connectivity index is 2.57. The van der Waals surface area contributed by atoms with Crippen molar-refractivity contribution in [3.63, 3.8) is 0 Å². The lowest BCUT2D eigenvalue weighted by molar-refractivity contribution is 0.1000. The highest BCUT2D eigenvalue weighted by molar-refractivity contribution is 6.02. The number of nitrogens with zero attached hydrogens (tertiary/aromatic N) is 3. The Morgan fingerprint density at radius 1 is 1.18 bits per heavy atom. The van der Waals surface area contributed by atoms with Gasteiger partial charge in [0.05, 0.1) is 17.2 Å². The van der Waals surface area contributed by atoms with Crippen molar-refractivity contribution < 1.29 is 4.79 Å². The number of hydrogen-bond acceptors (Lipinski definition) is 3. The van der Waals surface area contributed by atoms with Gasteiger partial charge in [-0.3, -0.25) is 4.79 Å². The van der Waals surface area contributed by atoms with Gasteiger partial charge in [0.1, 0.15) is 0 Å². The van der Waals surface area contributed by atoms with E-state index in [4.69, 9.17) is 11.0 Å². The number of nitriles is 1. The van der Waals surface area contributed by atoms with Crippen LogP contribution >= 0.6 is 0 Å². The third-order valence-electron chi connectivity index (χ3n) is 5.18. The van der Waals surface area contributed by atoms with Crippen molar-refractivity contribution in [3.8, 4) is 17.2 Å². The van der Waals surface area contributed by atoms with Crippen LogP contribution in [0.2, 0.25) is 0 Å². The third-order valence-corrected chi connectivity index (χ3v) is 5.18. The summed E-state index contributed by atoms with van der Waals surface area (Å²) < 4.78 is 2.28. The van der Waals surface area contributed by atoms with Crippen molar-refractivity contribution in [1.82, 2.24) is 9.47 Å². The number of benzene rings is 1. The first-order valence-electron chi connectivity index (χ1n) is 10.1. The quantitative estimate of drug-likeness (QED) is 0.630. The van der Waals surface area contributed by atoms with E-state index in [0.29, 0.717) is 11.1 Å². The standard InChI is InChI=1S/C23H32N4O/c1-5-6-7-9-20-22(19-12-10-18(16-24)11-13-19)21(23(25)28)17(2)27(20)15-8-14-26(3)4/h10-13H,5-9,14-15H2,1-4H3,(H2,25,28). The largest absolute Gasteiger partial charge is 0.366 e. The zero-order valence-corrected chi connectivity index (χ0v) is 17.6. The first-order chi connectivity index (χ1) is 13.4. The van der Waals surface area contributed by atoms with Crippen LogP contribution in [0.25, 0.3) is 11.1 Å². The van der Waals surface area contributed by atoms with E-state index in [2.05, 4.69) is 36.6 Å². The van der Waals surface area contributed by atoms with Crippen LogP contribution in [0.4, 0.5) is 0 Å². The van der Waals surface area contributed by atoms with E-state index in [1.807, 2.05) is 19.1 Å². The van der Waals surface area contributed by atoms with Crippen LogP contribution in [0, 0.1) is 18.3 Å². The molecule has 2 N–H and O–H groups in total. The molecular weight excluding hydrogens is 348 g/mol. The Morgan fingerprint density at radius 3 is 2.39 bits per heavy atom. The molecule has 0 radical (unpaired) electrons. The summed E-state index contributed by atoms with van der Waals surface area (Å²) in [6.07, 6.45) is 5.30. The summed E-state index contributed by atoms with van der Waals surface area (Å²) in [6.45, 7) is 6.04. The average molecular weight is 381 g/mol. The Hall–Kier alpha value is -2.58. The van der Waals surface area contributed by atoms with Gasteiger partial charge >= 0.3 is 0 Å². The molecule has 0 spiro atoms. The number of aromatic nitrogens is 1. The first kappa shape index (κ1) is 21.7. The maximum absolute atomic E-state index is 12.4. The summed E-state index contributed by atoms with van der Waals surface area (Å²) in [5.41, 5.74) is 11.1. The Kier molecular flexibility index (Phi) is 7.83. The van der Waals surface area contributed by atoms with E-state index in [1.54, 1.807) is 12.1 Å². The van der Waals surface area contributed by atoms with Crippen molar-refractivity contribution in [2.24, 2.45) is 5.73 Å². The van der Waals surface area contributed by atoms with Crippen LogP contribution in [0.3, 0.4) is 0 Å². The van der Waals surface area contributed by atoms with E-state index >= 15 is 0 Å². The van der Waals surface area contributed by atoms with Crippen LogP contribution < -0.4 is 5.73 Å². The van der Waals surface area contributed by atoms with Gasteiger partial charge in [0.15, 0.2) is 0 Å². The maximum atomic E-state index is 12.4. The molecule has 0 aliphatic heterocycles. The lowest BCUT2D eigenvalue weighted by Crippen LogP contribution is -2.17. The van der Waals surface area contributed by atoms with Gasteiger partial charge in [-0.05, 0) is 64.5 Å². The number of carbonyl (C=O) groups excluding carboxylic acids is 1. The zero-order valence-electron chi connectivity index (χ0n) is 17.6. The molecule has 150 valence electrons. The average Bonchev–Trinajstić information content (AvgIpc) is 2.94. The monoisotopic (exact) mass is 380 g/mol. The van der Waals surface area contributed by atoms with Gasteiger partial charge in [0.2, 0.25) is 0 Å². The molecule has 1 amide bonds. The lowest BCUT2D eigenvalue weighted by atomic mass is 9.96. The molecule has 1 heterocycles. The van der Waals surface area contributed by atoms with Gasteiger partial charge in [-0.15, -0.1) is 0 Å². The van der Waals surface area contributed by atoms with Crippen molar-refractivity contribution in [3.05, 3.63) is 46.8 Å². The van der Waals surface area contributed by atoms with Crippen LogP contribution in [-0.4, -0.2) is 36.0 Å². The highest BCUT2D eigenvalue weighted by Crippen LogP contribution is 2.34. The molecule has 0 unspecified atom stereocenters. The van der Waals surface area contributed by atoms with Crippen molar-refractivity contribution in [2.45, 2.75) is 52.5 Å². The number of carbonyl (C=O) groups is 1. The highest BCUT2D eigenvalue weighted by atomic mass is 16.1. The summed E-state index contributed by atoms with van der Waals surface area (Å²) in [6, 6.07) is 9.60. The number of primary amides is 1. The molecule has 28 heavy (non-hydrogen) atoms. The molecule has 0 bridgehead atoms. The minimum Gasteiger partial charge on any atom is -0.366 e. The number of hydrogen-bond donors (Lipinski definition) is 1. The fourth-order valence-electron chi connectivity index (χ4n) is 3.77. The highest BCUT2D eigenvalue weighted by Gasteiger charge is 2.24. The van der Waals surface area contributed by atoms with Crippen LogP contribution in [0.1, 0.15) is 59.9 Å². The molecule has 0 aliphatic carbocycles. The SMILES string of the molecule is CCCCCc1c(-c2ccc(C#N)cc2)c(C(N)=O)c(C)n1CCCN(C)C. The molecule has 0 saturated heterocycles. The zero-order chi connectivity index (χ0) is 20.7. The minimum atomic E-state index is -0.389. The second-order valence-electron chi connectivity index (χ2n) is 7.60. The summed E-state index contributed by atoms with van der Waals surface area (Å²) in [5.74, 6) is -0.389. The summed E-state index contributed by atoms with van der Waals surface area (Å²) in [5, 5.41) is 9.10. The predicted molar refractivity (Wildman–Crippen MR) is 114 cm³/mol. The summed E-state index contributed by atoms with van der Waals surface area (Å²) in [4.78, 5) is 14.5. The Morgan fingerprint density at radius 2 is 1.86 bits per heavy atom. The Labute approximate surface area is 168 Å². The fraction of sp³-hybridized carbons (Fsp3) is 0.478. The van der Waals surface area contributed by atoms with Gasteiger partial charge in [0, 0.05) is 23.5 Å². The first-order valence-corrected chi connectivity index (χ1v) is 10.1. The maximum Gasteiger partial charge on any atom is 0.251 e. The second kappa shape index (κ2) is 10.1. The smallest absolute Gasteiger partial charge is 0.251 e.